The van der Waals surface area contributed by atoms with Crippen LogP contribution in [0.3, 0.4) is 0 Å². The van der Waals surface area contributed by atoms with Crippen LogP contribution in [0.15, 0.2) is 51.4 Å². The van der Waals surface area contributed by atoms with Crippen molar-refractivity contribution >= 4 is 43.5 Å². The van der Waals surface area contributed by atoms with E-state index in [1.165, 1.54) is 11.1 Å². The second kappa shape index (κ2) is 4.90. The van der Waals surface area contributed by atoms with Gasteiger partial charge in [0.05, 0.1) is 0 Å². The van der Waals surface area contributed by atoms with Gasteiger partial charge in [0, 0.05) is 14.5 Å². The molecule has 0 spiro atoms. The van der Waals surface area contributed by atoms with Crippen LogP contribution < -0.4 is 4.74 Å². The van der Waals surface area contributed by atoms with Crippen molar-refractivity contribution in [2.24, 2.45) is 0 Å². The van der Waals surface area contributed by atoms with Crippen LogP contribution in [0.2, 0.25) is 0 Å². The molecule has 0 fully saturated rings. The third-order valence-electron chi connectivity index (χ3n) is 2.90. The molecule has 0 bridgehead atoms. The molecule has 1 heterocycles. The lowest BCUT2D eigenvalue weighted by Gasteiger charge is -2.18. The number of ether oxygens (including phenoxy) is 1. The van der Waals surface area contributed by atoms with Gasteiger partial charge in [-0.2, -0.15) is 0 Å². The minimum Gasteiger partial charge on any atom is -0.488 e. The third kappa shape index (κ3) is 2.38. The summed E-state index contributed by atoms with van der Waals surface area (Å²) in [5.74, 6) is 0.935. The maximum absolute atomic E-state index is 5.79. The highest BCUT2D eigenvalue weighted by atomic mass is 79.9. The first kappa shape index (κ1) is 12.0. The molecule has 0 aromatic heterocycles. The van der Waals surface area contributed by atoms with E-state index in [-0.39, 0.29) is 0 Å². The minimum atomic E-state index is 0.616. The molecule has 18 heavy (non-hydrogen) atoms. The van der Waals surface area contributed by atoms with Gasteiger partial charge in [-0.15, -0.1) is 0 Å². The minimum absolute atomic E-state index is 0.616. The molecule has 3 heteroatoms. The molecule has 0 unspecified atom stereocenters. The Hall–Kier alpha value is -1.06. The highest BCUT2D eigenvalue weighted by molar-refractivity contribution is 9.10. The van der Waals surface area contributed by atoms with E-state index in [2.05, 4.69) is 56.1 Å². The first-order valence-corrected chi connectivity index (χ1v) is 7.20. The van der Waals surface area contributed by atoms with Gasteiger partial charge in [-0.25, -0.2) is 0 Å². The van der Waals surface area contributed by atoms with E-state index in [1.54, 1.807) is 0 Å². The molecule has 0 radical (unpaired) electrons. The molecule has 0 saturated heterocycles. The summed E-state index contributed by atoms with van der Waals surface area (Å²) in [5, 5.41) is 0. The predicted octanol–water partition coefficient (Wildman–Crippen LogP) is 5.14. The first-order valence-electron chi connectivity index (χ1n) is 5.61. The SMILES string of the molecule is Brc1ccc(C2=Cc3ccc(Br)cc3OC2)cc1. The summed E-state index contributed by atoms with van der Waals surface area (Å²) < 4.78 is 7.93. The van der Waals surface area contributed by atoms with Gasteiger partial charge in [0.1, 0.15) is 12.4 Å². The molecular weight excluding hydrogens is 356 g/mol. The van der Waals surface area contributed by atoms with Gasteiger partial charge in [0.15, 0.2) is 0 Å². The summed E-state index contributed by atoms with van der Waals surface area (Å²) in [6, 6.07) is 14.4. The number of rotatable bonds is 1. The molecule has 1 nitrogen and oxygen atoms in total. The summed E-state index contributed by atoms with van der Waals surface area (Å²) in [6.07, 6.45) is 2.19. The van der Waals surface area contributed by atoms with Crippen LogP contribution in [-0.4, -0.2) is 6.61 Å². The quantitative estimate of drug-likeness (QED) is 0.679. The van der Waals surface area contributed by atoms with Crippen molar-refractivity contribution in [1.82, 2.24) is 0 Å². The lowest BCUT2D eigenvalue weighted by molar-refractivity contribution is 0.365. The molecule has 2 aromatic rings. The van der Waals surface area contributed by atoms with Gasteiger partial charge in [-0.3, -0.25) is 0 Å². The average molecular weight is 366 g/mol. The van der Waals surface area contributed by atoms with Gasteiger partial charge < -0.3 is 4.74 Å². The van der Waals surface area contributed by atoms with E-state index in [4.69, 9.17) is 4.74 Å². The molecule has 1 aliphatic rings. The lowest BCUT2D eigenvalue weighted by atomic mass is 10.0. The molecule has 3 rings (SSSR count). The Morgan fingerprint density at radius 1 is 0.889 bits per heavy atom. The van der Waals surface area contributed by atoms with E-state index < -0.39 is 0 Å². The van der Waals surface area contributed by atoms with E-state index >= 15 is 0 Å². The van der Waals surface area contributed by atoms with Crippen molar-refractivity contribution in [2.45, 2.75) is 0 Å². The fourth-order valence-corrected chi connectivity index (χ4v) is 2.57. The Balaban J connectivity index is 2.00. The zero-order valence-electron chi connectivity index (χ0n) is 9.49. The van der Waals surface area contributed by atoms with Gasteiger partial charge in [-0.1, -0.05) is 50.1 Å². The molecule has 0 aliphatic carbocycles. The number of benzene rings is 2. The molecule has 0 saturated carbocycles. The second-order valence-corrected chi connectivity index (χ2v) is 5.98. The van der Waals surface area contributed by atoms with Crippen molar-refractivity contribution in [3.05, 3.63) is 62.5 Å². The molecule has 90 valence electrons. The Bertz CT molecular complexity index is 615. The topological polar surface area (TPSA) is 9.23 Å². The van der Waals surface area contributed by atoms with Gasteiger partial charge in [0.25, 0.3) is 0 Å². The first-order chi connectivity index (χ1) is 8.72. The maximum Gasteiger partial charge on any atom is 0.128 e. The van der Waals surface area contributed by atoms with Crippen LogP contribution in [0, 0.1) is 0 Å². The zero-order chi connectivity index (χ0) is 12.5. The fourth-order valence-electron chi connectivity index (χ4n) is 1.97. The molecule has 2 aromatic carbocycles. The number of fused-ring (bicyclic) bond motifs is 1. The number of hydrogen-bond donors (Lipinski definition) is 0. The number of hydrogen-bond acceptors (Lipinski definition) is 1. The van der Waals surface area contributed by atoms with Crippen LogP contribution in [0.25, 0.3) is 11.6 Å². The van der Waals surface area contributed by atoms with Crippen LogP contribution in [0.1, 0.15) is 11.1 Å². The normalized spacial score (nSPS) is 13.6. The Labute approximate surface area is 123 Å². The molecular formula is C15H10Br2O. The smallest absolute Gasteiger partial charge is 0.128 e. The molecule has 0 N–H and O–H groups in total. The molecule has 1 aliphatic heterocycles. The van der Waals surface area contributed by atoms with Crippen LogP contribution in [-0.2, 0) is 0 Å². The van der Waals surface area contributed by atoms with Crippen LogP contribution >= 0.6 is 31.9 Å². The van der Waals surface area contributed by atoms with E-state index in [9.17, 15) is 0 Å². The molecule has 0 atom stereocenters. The van der Waals surface area contributed by atoms with Crippen molar-refractivity contribution in [2.75, 3.05) is 6.61 Å². The standard InChI is InChI=1S/C15H10Br2O/c16-13-4-1-10(2-5-13)12-7-11-3-6-14(17)8-15(11)18-9-12/h1-8H,9H2. The summed E-state index contributed by atoms with van der Waals surface area (Å²) >= 11 is 6.90. The van der Waals surface area contributed by atoms with Crippen molar-refractivity contribution < 1.29 is 4.74 Å². The van der Waals surface area contributed by atoms with Crippen LogP contribution in [0.5, 0.6) is 5.75 Å². The van der Waals surface area contributed by atoms with E-state index in [0.717, 1.165) is 20.3 Å². The highest BCUT2D eigenvalue weighted by Gasteiger charge is 2.12. The number of halogens is 2. The second-order valence-electron chi connectivity index (χ2n) is 4.15. The Morgan fingerprint density at radius 2 is 1.61 bits per heavy atom. The van der Waals surface area contributed by atoms with Crippen molar-refractivity contribution in [3.8, 4) is 5.75 Å². The Kier molecular flexibility index (Phi) is 3.27. The van der Waals surface area contributed by atoms with Gasteiger partial charge in [0.2, 0.25) is 0 Å². The summed E-state index contributed by atoms with van der Waals surface area (Å²) in [6.45, 7) is 0.616. The lowest BCUT2D eigenvalue weighted by Crippen LogP contribution is -2.06. The van der Waals surface area contributed by atoms with Crippen molar-refractivity contribution in [3.63, 3.8) is 0 Å². The summed E-state index contributed by atoms with van der Waals surface area (Å²) in [5.41, 5.74) is 3.53. The fraction of sp³-hybridized carbons (Fsp3) is 0.0667. The summed E-state index contributed by atoms with van der Waals surface area (Å²) in [4.78, 5) is 0. The Morgan fingerprint density at radius 3 is 2.39 bits per heavy atom. The van der Waals surface area contributed by atoms with E-state index in [1.807, 2.05) is 24.3 Å². The van der Waals surface area contributed by atoms with Crippen molar-refractivity contribution in [1.29, 1.82) is 0 Å². The summed E-state index contributed by atoms with van der Waals surface area (Å²) in [7, 11) is 0. The largest absolute Gasteiger partial charge is 0.488 e. The van der Waals surface area contributed by atoms with Gasteiger partial charge >= 0.3 is 0 Å². The van der Waals surface area contributed by atoms with Crippen LogP contribution in [0.4, 0.5) is 0 Å². The van der Waals surface area contributed by atoms with E-state index in [0.29, 0.717) is 6.61 Å². The molecule has 0 amide bonds. The predicted molar refractivity (Wildman–Crippen MR) is 81.7 cm³/mol. The average Bonchev–Trinajstić information content (AvgIpc) is 2.39. The maximum atomic E-state index is 5.79. The highest BCUT2D eigenvalue weighted by Crippen LogP contribution is 2.32. The third-order valence-corrected chi connectivity index (χ3v) is 3.93. The zero-order valence-corrected chi connectivity index (χ0v) is 12.7. The van der Waals surface area contributed by atoms with Gasteiger partial charge in [-0.05, 0) is 41.5 Å². The monoisotopic (exact) mass is 364 g/mol.